The van der Waals surface area contributed by atoms with E-state index in [0.717, 1.165) is 24.3 Å². The van der Waals surface area contributed by atoms with E-state index in [1.54, 1.807) is 6.92 Å². The van der Waals surface area contributed by atoms with E-state index < -0.39 is 61.8 Å². The summed E-state index contributed by atoms with van der Waals surface area (Å²) in [6.45, 7) is 2.15. The van der Waals surface area contributed by atoms with E-state index >= 15 is 0 Å². The number of rotatable bonds is 5. The molecule has 1 saturated carbocycles. The zero-order valence-electron chi connectivity index (χ0n) is 23.0. The average molecular weight is 615 g/mol. The van der Waals surface area contributed by atoms with Crippen molar-refractivity contribution < 1.29 is 45.1 Å². The van der Waals surface area contributed by atoms with Crippen molar-refractivity contribution in [1.29, 1.82) is 0 Å². The number of benzene rings is 1. The van der Waals surface area contributed by atoms with Crippen LogP contribution in [0.2, 0.25) is 0 Å². The molecule has 1 aromatic carbocycles. The number of nitrogens with zero attached hydrogens (tertiary/aromatic N) is 2. The van der Waals surface area contributed by atoms with E-state index in [-0.39, 0.29) is 53.8 Å². The largest absolute Gasteiger partial charge is 0.481 e. The van der Waals surface area contributed by atoms with Crippen LogP contribution in [0.4, 0.5) is 22.0 Å². The van der Waals surface area contributed by atoms with Crippen LogP contribution in [0.5, 0.6) is 0 Å². The van der Waals surface area contributed by atoms with Gasteiger partial charge >= 0.3 is 12.1 Å². The van der Waals surface area contributed by atoms with Gasteiger partial charge in [-0.15, -0.1) is 0 Å². The first kappa shape index (κ1) is 30.4. The lowest BCUT2D eigenvalue weighted by Crippen LogP contribution is -2.54. The summed E-state index contributed by atoms with van der Waals surface area (Å²) in [6, 6.07) is 5.44. The zero-order valence-corrected chi connectivity index (χ0v) is 23.8. The molecule has 1 saturated heterocycles. The fourth-order valence-corrected chi connectivity index (χ4v) is 9.47. The number of carbonyl (C=O) groups excluding carboxylic acids is 1. The van der Waals surface area contributed by atoms with E-state index in [1.807, 2.05) is 0 Å². The molecule has 13 heteroatoms. The summed E-state index contributed by atoms with van der Waals surface area (Å²) in [6.07, 6.45) is -4.44. The lowest BCUT2D eigenvalue weighted by Gasteiger charge is -2.43. The Morgan fingerprint density at radius 2 is 1.81 bits per heavy atom. The maximum Gasteiger partial charge on any atom is 0.428 e. The van der Waals surface area contributed by atoms with E-state index in [9.17, 15) is 45.1 Å². The van der Waals surface area contributed by atoms with Gasteiger partial charge in [-0.1, -0.05) is 19.1 Å². The molecular formula is C29H31F5N2O5S. The minimum atomic E-state index is -5.26. The summed E-state index contributed by atoms with van der Waals surface area (Å²) in [5, 5.41) is 9.42. The van der Waals surface area contributed by atoms with E-state index in [4.69, 9.17) is 0 Å². The number of amides is 1. The second-order valence-corrected chi connectivity index (χ2v) is 14.0. The highest BCUT2D eigenvalue weighted by Gasteiger charge is 2.62. The van der Waals surface area contributed by atoms with Crippen LogP contribution >= 0.6 is 0 Å². The number of carboxylic acids is 1. The molecule has 2 aliphatic carbocycles. The molecule has 1 aromatic heterocycles. The van der Waals surface area contributed by atoms with Crippen LogP contribution in [0.1, 0.15) is 62.9 Å². The number of pyridine rings is 1. The molecule has 1 N–H and O–H groups in total. The molecule has 6 atom stereocenters. The predicted octanol–water partition coefficient (Wildman–Crippen LogP) is 5.32. The molecule has 0 bridgehead atoms. The summed E-state index contributed by atoms with van der Waals surface area (Å²) in [5.74, 6) is -3.42. The molecule has 1 amide bonds. The first-order valence-electron chi connectivity index (χ1n) is 13.8. The molecule has 228 valence electrons. The van der Waals surface area contributed by atoms with Crippen LogP contribution in [0, 0.1) is 23.6 Å². The van der Waals surface area contributed by atoms with Gasteiger partial charge in [0.25, 0.3) is 0 Å². The Balaban J connectivity index is 1.61. The third-order valence-electron chi connectivity index (χ3n) is 9.44. The number of aromatic nitrogens is 1. The van der Waals surface area contributed by atoms with Crippen LogP contribution in [0.15, 0.2) is 41.3 Å². The number of aliphatic carboxylic acids is 1. The molecule has 3 unspecified atom stereocenters. The predicted molar refractivity (Wildman–Crippen MR) is 140 cm³/mol. The van der Waals surface area contributed by atoms with Gasteiger partial charge in [0.2, 0.25) is 11.6 Å². The minimum Gasteiger partial charge on any atom is -0.481 e. The SMILES string of the molecule is C[C@H]1C[C@H](C(=O)O)CC[C@H]1C(=O)N1CCC2(S(=O)(=O)c3cccc(F)c3)c3ccc(C(C)(F)C(F)(F)F)nc3CCC12. The number of likely N-dealkylation sites (tertiary alicyclic amines) is 1. The Morgan fingerprint density at radius 3 is 2.43 bits per heavy atom. The van der Waals surface area contributed by atoms with Gasteiger partial charge in [0, 0.05) is 18.2 Å². The molecule has 7 nitrogen and oxygen atoms in total. The average Bonchev–Trinajstić information content (AvgIpc) is 3.33. The molecule has 2 aromatic rings. The molecular weight excluding hydrogens is 583 g/mol. The highest BCUT2D eigenvalue weighted by Crippen LogP contribution is 2.54. The van der Waals surface area contributed by atoms with E-state index in [1.165, 1.54) is 17.0 Å². The van der Waals surface area contributed by atoms with Gasteiger partial charge in [0.1, 0.15) is 10.6 Å². The smallest absolute Gasteiger partial charge is 0.428 e. The molecule has 2 fully saturated rings. The van der Waals surface area contributed by atoms with Gasteiger partial charge in [0.15, 0.2) is 9.84 Å². The highest BCUT2D eigenvalue weighted by atomic mass is 32.2. The van der Waals surface area contributed by atoms with Crippen molar-refractivity contribution >= 4 is 21.7 Å². The summed E-state index contributed by atoms with van der Waals surface area (Å²) in [4.78, 5) is 30.6. The molecule has 2 heterocycles. The third kappa shape index (κ3) is 4.58. The summed E-state index contributed by atoms with van der Waals surface area (Å²) in [5.41, 5.74) is -4.62. The Kier molecular flexibility index (Phi) is 7.43. The fraction of sp³-hybridized carbons (Fsp3) is 0.552. The van der Waals surface area contributed by atoms with Crippen LogP contribution in [0.25, 0.3) is 0 Å². The molecule has 5 rings (SSSR count). The van der Waals surface area contributed by atoms with Crippen LogP contribution in [-0.2, 0) is 36.3 Å². The number of hydrogen-bond donors (Lipinski definition) is 1. The van der Waals surface area contributed by atoms with Gasteiger partial charge < -0.3 is 10.0 Å². The first-order valence-corrected chi connectivity index (χ1v) is 15.3. The maximum absolute atomic E-state index is 14.9. The fourth-order valence-electron chi connectivity index (χ4n) is 7.09. The quantitative estimate of drug-likeness (QED) is 0.458. The zero-order chi connectivity index (χ0) is 30.8. The summed E-state index contributed by atoms with van der Waals surface area (Å²) in [7, 11) is -4.47. The Bertz CT molecular complexity index is 1530. The van der Waals surface area contributed by atoms with Crippen LogP contribution in [0.3, 0.4) is 0 Å². The molecule has 1 aliphatic heterocycles. The number of alkyl halides is 4. The van der Waals surface area contributed by atoms with Crippen molar-refractivity contribution in [1.82, 2.24) is 9.88 Å². The number of aryl methyl sites for hydroxylation is 1. The third-order valence-corrected chi connectivity index (χ3v) is 12.0. The highest BCUT2D eigenvalue weighted by molar-refractivity contribution is 7.92. The van der Waals surface area contributed by atoms with Crippen molar-refractivity contribution in [2.75, 3.05) is 6.54 Å². The van der Waals surface area contributed by atoms with Crippen molar-refractivity contribution in [3.63, 3.8) is 0 Å². The monoisotopic (exact) mass is 614 g/mol. The van der Waals surface area contributed by atoms with E-state index in [2.05, 4.69) is 4.98 Å². The number of carbonyl (C=O) groups is 2. The van der Waals surface area contributed by atoms with Crippen molar-refractivity contribution in [3.8, 4) is 0 Å². The summed E-state index contributed by atoms with van der Waals surface area (Å²) < 4.78 is 96.5. The first-order chi connectivity index (χ1) is 19.5. The van der Waals surface area contributed by atoms with Crippen molar-refractivity contribution in [3.05, 3.63) is 59.2 Å². The lowest BCUT2D eigenvalue weighted by molar-refractivity contribution is -0.230. The van der Waals surface area contributed by atoms with Crippen LogP contribution in [-0.4, -0.2) is 54.0 Å². The van der Waals surface area contributed by atoms with E-state index in [0.29, 0.717) is 26.2 Å². The van der Waals surface area contributed by atoms with Gasteiger partial charge in [0.05, 0.1) is 22.5 Å². The molecule has 0 radical (unpaired) electrons. The molecule has 3 aliphatic rings. The second-order valence-electron chi connectivity index (χ2n) is 11.8. The Hall–Kier alpha value is -3.09. The normalized spacial score (nSPS) is 29.4. The van der Waals surface area contributed by atoms with Gasteiger partial charge in [-0.25, -0.2) is 17.2 Å². The van der Waals surface area contributed by atoms with Gasteiger partial charge in [-0.2, -0.15) is 13.2 Å². The Labute approximate surface area is 240 Å². The van der Waals surface area contributed by atoms with Crippen molar-refractivity contribution in [2.24, 2.45) is 17.8 Å². The lowest BCUT2D eigenvalue weighted by atomic mass is 9.74. The number of hydrogen-bond acceptors (Lipinski definition) is 5. The number of carboxylic acid groups (broad SMARTS) is 1. The van der Waals surface area contributed by atoms with Gasteiger partial charge in [-0.05, 0) is 81.2 Å². The second kappa shape index (κ2) is 10.3. The number of fused-ring (bicyclic) bond motifs is 3. The summed E-state index contributed by atoms with van der Waals surface area (Å²) >= 11 is 0. The molecule has 0 spiro atoms. The van der Waals surface area contributed by atoms with Crippen molar-refractivity contribution in [2.45, 2.75) is 79.9 Å². The molecule has 42 heavy (non-hydrogen) atoms. The number of sulfone groups is 1. The maximum atomic E-state index is 14.9. The minimum absolute atomic E-state index is 0.00666. The standard InChI is InChI=1S/C29H31F5N2O5S/c1-16-14-17(26(38)39)6-7-20(16)25(37)36-13-12-28(42(40,41)19-5-3-4-18(30)15-19)21-8-10-23(27(2,31)29(32,33)34)35-22(21)9-11-24(28)36/h3-5,8,10,15-17,20,24H,6-7,9,11-14H2,1-2H3,(H,38,39)/t16-,17+,20+,24?,27?,28?/m0/s1. The van der Waals surface area contributed by atoms with Crippen LogP contribution < -0.4 is 0 Å². The van der Waals surface area contributed by atoms with Gasteiger partial charge in [-0.3, -0.25) is 14.6 Å². The number of halogens is 5. The topological polar surface area (TPSA) is 105 Å². The Morgan fingerprint density at radius 1 is 1.10 bits per heavy atom.